The summed E-state index contributed by atoms with van der Waals surface area (Å²) in [6.45, 7) is 4.15. The Hall–Kier alpha value is -0.130. The molecule has 0 saturated carbocycles. The third-order valence-corrected chi connectivity index (χ3v) is 6.40. The van der Waals surface area contributed by atoms with Gasteiger partial charge < -0.3 is 5.11 Å². The van der Waals surface area contributed by atoms with E-state index in [0.29, 0.717) is 12.8 Å². The molecule has 5 heteroatoms. The van der Waals surface area contributed by atoms with Crippen molar-refractivity contribution in [3.05, 3.63) is 0 Å². The first-order valence-corrected chi connectivity index (χ1v) is 12.1. The monoisotopic (exact) mass is 378 g/mol. The lowest BCUT2D eigenvalue weighted by molar-refractivity contribution is 0.156. The molecule has 0 fully saturated rings. The highest BCUT2D eigenvalue weighted by atomic mass is 32.2. The van der Waals surface area contributed by atoms with Crippen LogP contribution in [0.2, 0.25) is 0 Å². The molecule has 2 N–H and O–H groups in total. The van der Waals surface area contributed by atoms with E-state index in [0.717, 1.165) is 64.2 Å². The van der Waals surface area contributed by atoms with E-state index in [9.17, 15) is 18.1 Å². The van der Waals surface area contributed by atoms with Crippen LogP contribution < -0.4 is 0 Å². The Morgan fingerprint density at radius 3 is 1.48 bits per heavy atom. The fraction of sp³-hybridized carbons (Fsp3) is 1.00. The van der Waals surface area contributed by atoms with Crippen molar-refractivity contribution >= 4 is 10.1 Å². The summed E-state index contributed by atoms with van der Waals surface area (Å²) in [7, 11) is -3.89. The maximum Gasteiger partial charge on any atom is 0.267 e. The second kappa shape index (κ2) is 16.1. The van der Waals surface area contributed by atoms with Crippen molar-refractivity contribution in [2.45, 2.75) is 128 Å². The predicted molar refractivity (Wildman–Crippen MR) is 107 cm³/mol. The summed E-state index contributed by atoms with van der Waals surface area (Å²) in [6.07, 6.45) is 16.1. The minimum Gasteiger partial charge on any atom is -0.393 e. The zero-order valence-corrected chi connectivity index (χ0v) is 17.4. The molecule has 0 aromatic rings. The van der Waals surface area contributed by atoms with Gasteiger partial charge in [-0.25, -0.2) is 0 Å². The lowest BCUT2D eigenvalue weighted by atomic mass is 10.0. The van der Waals surface area contributed by atoms with Crippen LogP contribution in [0.3, 0.4) is 0 Å². The van der Waals surface area contributed by atoms with Gasteiger partial charge in [-0.2, -0.15) is 8.42 Å². The second-order valence-corrected chi connectivity index (χ2v) is 9.15. The standard InChI is InChI=1S/C20H42O4S/c1-3-5-6-14-17-20(25(22,23)24)18-15-12-10-8-7-9-11-13-16-19(21)4-2/h19-21H,3-18H2,1-2H3,(H,22,23,24). The van der Waals surface area contributed by atoms with Gasteiger partial charge in [0.05, 0.1) is 11.4 Å². The topological polar surface area (TPSA) is 74.6 Å². The van der Waals surface area contributed by atoms with Crippen LogP contribution in [0.25, 0.3) is 0 Å². The molecule has 0 radical (unpaired) electrons. The van der Waals surface area contributed by atoms with Gasteiger partial charge in [-0.1, -0.05) is 90.9 Å². The van der Waals surface area contributed by atoms with Gasteiger partial charge in [-0.3, -0.25) is 4.55 Å². The molecule has 0 heterocycles. The molecule has 0 saturated heterocycles. The Bertz CT molecular complexity index is 381. The van der Waals surface area contributed by atoms with Crippen molar-refractivity contribution in [2.75, 3.05) is 0 Å². The maximum absolute atomic E-state index is 11.5. The summed E-state index contributed by atoms with van der Waals surface area (Å²) in [5.74, 6) is 0. The molecule has 0 aliphatic heterocycles. The molecule has 152 valence electrons. The third-order valence-electron chi connectivity index (χ3n) is 5.09. The van der Waals surface area contributed by atoms with Gasteiger partial charge in [0.1, 0.15) is 0 Å². The SMILES string of the molecule is CCCCCCC(CCCCCCCCCCC(O)CC)S(=O)(=O)O. The third kappa shape index (κ3) is 15.8. The molecule has 0 aliphatic rings. The molecule has 0 aromatic carbocycles. The van der Waals surface area contributed by atoms with Crippen molar-refractivity contribution in [1.29, 1.82) is 0 Å². The second-order valence-electron chi connectivity index (χ2n) is 7.45. The van der Waals surface area contributed by atoms with E-state index in [1.54, 1.807) is 0 Å². The largest absolute Gasteiger partial charge is 0.393 e. The molecule has 0 amide bonds. The van der Waals surface area contributed by atoms with Crippen LogP contribution in [-0.4, -0.2) is 29.4 Å². The van der Waals surface area contributed by atoms with E-state index in [1.165, 1.54) is 25.7 Å². The van der Waals surface area contributed by atoms with Crippen LogP contribution in [0.1, 0.15) is 117 Å². The Labute approximate surface area is 156 Å². The summed E-state index contributed by atoms with van der Waals surface area (Å²) in [5.41, 5.74) is 0. The van der Waals surface area contributed by atoms with Crippen LogP contribution in [0.4, 0.5) is 0 Å². The minimum absolute atomic E-state index is 0.127. The average Bonchev–Trinajstić information content (AvgIpc) is 2.56. The van der Waals surface area contributed by atoms with E-state index in [4.69, 9.17) is 0 Å². The highest BCUT2D eigenvalue weighted by Crippen LogP contribution is 2.19. The lowest BCUT2D eigenvalue weighted by Crippen LogP contribution is -2.20. The lowest BCUT2D eigenvalue weighted by Gasteiger charge is -2.13. The number of aliphatic hydroxyl groups is 1. The van der Waals surface area contributed by atoms with Crippen molar-refractivity contribution in [2.24, 2.45) is 0 Å². The van der Waals surface area contributed by atoms with E-state index < -0.39 is 15.4 Å². The molecular formula is C20H42O4S. The zero-order chi connectivity index (χ0) is 19.0. The average molecular weight is 379 g/mol. The minimum atomic E-state index is -3.89. The van der Waals surface area contributed by atoms with Crippen LogP contribution in [-0.2, 0) is 10.1 Å². The number of hydrogen-bond donors (Lipinski definition) is 2. The van der Waals surface area contributed by atoms with Crippen LogP contribution in [0, 0.1) is 0 Å². The molecule has 4 nitrogen and oxygen atoms in total. The molecular weight excluding hydrogens is 336 g/mol. The first-order chi connectivity index (χ1) is 11.9. The number of rotatable bonds is 18. The van der Waals surface area contributed by atoms with Gasteiger partial charge in [0, 0.05) is 0 Å². The molecule has 25 heavy (non-hydrogen) atoms. The summed E-state index contributed by atoms with van der Waals surface area (Å²) in [4.78, 5) is 0. The summed E-state index contributed by atoms with van der Waals surface area (Å²) in [6, 6.07) is 0. The smallest absolute Gasteiger partial charge is 0.267 e. The fourth-order valence-electron chi connectivity index (χ4n) is 3.26. The summed E-state index contributed by atoms with van der Waals surface area (Å²) in [5, 5.41) is 8.92. The first-order valence-electron chi connectivity index (χ1n) is 10.6. The fourth-order valence-corrected chi connectivity index (χ4v) is 4.19. The molecule has 0 rings (SSSR count). The van der Waals surface area contributed by atoms with Gasteiger partial charge in [-0.05, 0) is 25.7 Å². The zero-order valence-electron chi connectivity index (χ0n) is 16.6. The van der Waals surface area contributed by atoms with Gasteiger partial charge in [0.2, 0.25) is 0 Å². The maximum atomic E-state index is 11.5. The molecule has 2 atom stereocenters. The van der Waals surface area contributed by atoms with Crippen LogP contribution >= 0.6 is 0 Å². The van der Waals surface area contributed by atoms with Crippen LogP contribution in [0.15, 0.2) is 0 Å². The van der Waals surface area contributed by atoms with Gasteiger partial charge in [0.25, 0.3) is 10.1 Å². The van der Waals surface area contributed by atoms with Crippen molar-refractivity contribution < 1.29 is 18.1 Å². The normalized spacial score (nSPS) is 14.6. The van der Waals surface area contributed by atoms with E-state index >= 15 is 0 Å². The molecule has 0 aromatic heterocycles. The van der Waals surface area contributed by atoms with Gasteiger partial charge in [0.15, 0.2) is 0 Å². The van der Waals surface area contributed by atoms with E-state index in [-0.39, 0.29) is 6.10 Å². The first kappa shape index (κ1) is 24.9. The highest BCUT2D eigenvalue weighted by Gasteiger charge is 2.21. The highest BCUT2D eigenvalue weighted by molar-refractivity contribution is 7.86. The van der Waals surface area contributed by atoms with Gasteiger partial charge in [-0.15, -0.1) is 0 Å². The van der Waals surface area contributed by atoms with E-state index in [2.05, 4.69) is 6.92 Å². The number of aliphatic hydroxyl groups excluding tert-OH is 1. The van der Waals surface area contributed by atoms with Crippen molar-refractivity contribution in [3.63, 3.8) is 0 Å². The molecule has 0 bridgehead atoms. The van der Waals surface area contributed by atoms with Crippen molar-refractivity contribution in [3.8, 4) is 0 Å². The number of unbranched alkanes of at least 4 members (excludes halogenated alkanes) is 10. The Morgan fingerprint density at radius 2 is 1.08 bits per heavy atom. The summed E-state index contributed by atoms with van der Waals surface area (Å²) >= 11 is 0. The van der Waals surface area contributed by atoms with Crippen LogP contribution in [0.5, 0.6) is 0 Å². The van der Waals surface area contributed by atoms with Crippen molar-refractivity contribution in [1.82, 2.24) is 0 Å². The van der Waals surface area contributed by atoms with E-state index in [1.807, 2.05) is 6.92 Å². The predicted octanol–water partition coefficient (Wildman–Crippen LogP) is 5.89. The van der Waals surface area contributed by atoms with Gasteiger partial charge >= 0.3 is 0 Å². The molecule has 2 unspecified atom stereocenters. The quantitative estimate of drug-likeness (QED) is 0.230. The molecule has 0 spiro atoms. The molecule has 0 aliphatic carbocycles. The summed E-state index contributed by atoms with van der Waals surface area (Å²) < 4.78 is 32.3. The number of hydrogen-bond acceptors (Lipinski definition) is 3. The Balaban J connectivity index is 3.61. The Morgan fingerprint density at radius 1 is 0.680 bits per heavy atom. The Kier molecular flexibility index (Phi) is 16.0.